The Labute approximate surface area is 127 Å². The molecule has 0 aromatic carbocycles. The second-order valence-corrected chi connectivity index (χ2v) is 7.28. The number of ether oxygens (including phenoxy) is 1. The number of hydrogen-bond donors (Lipinski definition) is 1. The van der Waals surface area contributed by atoms with Gasteiger partial charge in [-0.2, -0.15) is 0 Å². The Hall–Kier alpha value is -0.450. The van der Waals surface area contributed by atoms with Gasteiger partial charge in [-0.3, -0.25) is 0 Å². The van der Waals surface area contributed by atoms with Gasteiger partial charge in [-0.05, 0) is 32.2 Å². The summed E-state index contributed by atoms with van der Waals surface area (Å²) in [4.78, 5) is 4.92. The average Bonchev–Trinajstić information content (AvgIpc) is 2.89. The highest BCUT2D eigenvalue weighted by atomic mass is 32.1. The van der Waals surface area contributed by atoms with Crippen LogP contribution >= 0.6 is 11.3 Å². The molecule has 1 fully saturated rings. The summed E-state index contributed by atoms with van der Waals surface area (Å²) >= 11 is 1.81. The van der Waals surface area contributed by atoms with Gasteiger partial charge in [-0.25, -0.2) is 4.98 Å². The average molecular weight is 296 g/mol. The zero-order chi connectivity index (χ0) is 14.8. The normalized spacial score (nSPS) is 30.9. The zero-order valence-corrected chi connectivity index (χ0v) is 14.3. The van der Waals surface area contributed by atoms with Crippen LogP contribution in [0.2, 0.25) is 0 Å². The molecule has 3 nitrogen and oxygen atoms in total. The van der Waals surface area contributed by atoms with Crippen LogP contribution < -0.4 is 5.32 Å². The van der Waals surface area contributed by atoms with Gasteiger partial charge in [0.2, 0.25) is 0 Å². The number of rotatable bonds is 5. The largest absolute Gasteiger partial charge is 0.375 e. The highest BCUT2D eigenvalue weighted by Crippen LogP contribution is 2.42. The SMILES string of the molecule is CCNC1(c2nc(C(C)C)cs2)CCOC(C)(CC)C1. The second kappa shape index (κ2) is 6.12. The van der Waals surface area contributed by atoms with Crippen LogP contribution in [-0.2, 0) is 10.3 Å². The van der Waals surface area contributed by atoms with E-state index >= 15 is 0 Å². The van der Waals surface area contributed by atoms with Crippen molar-refractivity contribution in [2.75, 3.05) is 13.2 Å². The molecule has 4 heteroatoms. The first kappa shape index (κ1) is 15.9. The quantitative estimate of drug-likeness (QED) is 0.890. The summed E-state index contributed by atoms with van der Waals surface area (Å²) in [5.74, 6) is 0.496. The third-order valence-corrected chi connectivity index (χ3v) is 5.51. The van der Waals surface area contributed by atoms with E-state index in [4.69, 9.17) is 9.72 Å². The molecule has 2 atom stereocenters. The summed E-state index contributed by atoms with van der Waals surface area (Å²) < 4.78 is 6.03. The van der Waals surface area contributed by atoms with Gasteiger partial charge in [-0.15, -0.1) is 11.3 Å². The lowest BCUT2D eigenvalue weighted by Crippen LogP contribution is -2.53. The van der Waals surface area contributed by atoms with Crippen molar-refractivity contribution in [1.29, 1.82) is 0 Å². The van der Waals surface area contributed by atoms with Gasteiger partial charge >= 0.3 is 0 Å². The zero-order valence-electron chi connectivity index (χ0n) is 13.5. The van der Waals surface area contributed by atoms with Gasteiger partial charge in [-0.1, -0.05) is 27.7 Å². The summed E-state index contributed by atoms with van der Waals surface area (Å²) in [6.45, 7) is 12.8. The Morgan fingerprint density at radius 1 is 1.45 bits per heavy atom. The fourth-order valence-electron chi connectivity index (χ4n) is 3.00. The van der Waals surface area contributed by atoms with E-state index in [1.54, 1.807) is 11.3 Å². The van der Waals surface area contributed by atoms with E-state index in [0.717, 1.165) is 32.4 Å². The Morgan fingerprint density at radius 2 is 2.20 bits per heavy atom. The lowest BCUT2D eigenvalue weighted by atomic mass is 9.79. The molecule has 0 spiro atoms. The Morgan fingerprint density at radius 3 is 2.75 bits per heavy atom. The Kier molecular flexibility index (Phi) is 4.88. The molecule has 20 heavy (non-hydrogen) atoms. The molecule has 1 saturated heterocycles. The van der Waals surface area contributed by atoms with Crippen molar-refractivity contribution in [3.63, 3.8) is 0 Å². The molecule has 0 saturated carbocycles. The Balaban J connectivity index is 2.32. The molecule has 1 aromatic heterocycles. The van der Waals surface area contributed by atoms with E-state index in [9.17, 15) is 0 Å². The topological polar surface area (TPSA) is 34.2 Å². The van der Waals surface area contributed by atoms with Crippen molar-refractivity contribution in [3.8, 4) is 0 Å². The maximum absolute atomic E-state index is 6.03. The fraction of sp³-hybridized carbons (Fsp3) is 0.812. The van der Waals surface area contributed by atoms with E-state index in [2.05, 4.69) is 45.3 Å². The molecule has 2 unspecified atom stereocenters. The fourth-order valence-corrected chi connectivity index (χ4v) is 4.18. The third-order valence-electron chi connectivity index (χ3n) is 4.44. The van der Waals surface area contributed by atoms with Gasteiger partial charge in [0.15, 0.2) is 0 Å². The number of nitrogens with zero attached hydrogens (tertiary/aromatic N) is 1. The van der Waals surface area contributed by atoms with Crippen molar-refractivity contribution in [2.24, 2.45) is 0 Å². The molecule has 0 amide bonds. The first-order valence-electron chi connectivity index (χ1n) is 7.79. The predicted octanol–water partition coefficient (Wildman–Crippen LogP) is 4.05. The lowest BCUT2D eigenvalue weighted by Gasteiger charge is -2.45. The van der Waals surface area contributed by atoms with Gasteiger partial charge in [0.1, 0.15) is 5.01 Å². The number of thiazole rings is 1. The summed E-state index contributed by atoms with van der Waals surface area (Å²) in [5.41, 5.74) is 1.17. The first-order valence-corrected chi connectivity index (χ1v) is 8.67. The molecule has 2 heterocycles. The molecule has 2 rings (SSSR count). The number of hydrogen-bond acceptors (Lipinski definition) is 4. The van der Waals surface area contributed by atoms with Crippen LogP contribution in [0, 0.1) is 0 Å². The van der Waals surface area contributed by atoms with Crippen molar-refractivity contribution in [2.45, 2.75) is 70.9 Å². The molecule has 1 aliphatic rings. The summed E-state index contributed by atoms with van der Waals surface area (Å²) in [6, 6.07) is 0. The smallest absolute Gasteiger partial charge is 0.113 e. The van der Waals surface area contributed by atoms with E-state index < -0.39 is 0 Å². The molecular formula is C16H28N2OS. The van der Waals surface area contributed by atoms with Gasteiger partial charge in [0.05, 0.1) is 16.8 Å². The van der Waals surface area contributed by atoms with Crippen LogP contribution in [0.15, 0.2) is 5.38 Å². The van der Waals surface area contributed by atoms with Crippen LogP contribution in [0.25, 0.3) is 0 Å². The molecule has 1 aliphatic heterocycles. The monoisotopic (exact) mass is 296 g/mol. The standard InChI is InChI=1S/C16H28N2OS/c1-6-15(5)11-16(17-7-2,8-9-19-15)14-18-13(10-20-14)12(3)4/h10,12,17H,6-9,11H2,1-5H3. The van der Waals surface area contributed by atoms with Crippen LogP contribution in [0.1, 0.15) is 70.5 Å². The van der Waals surface area contributed by atoms with Crippen molar-refractivity contribution in [3.05, 3.63) is 16.1 Å². The number of aromatic nitrogens is 1. The van der Waals surface area contributed by atoms with Crippen LogP contribution in [0.3, 0.4) is 0 Å². The number of nitrogens with one attached hydrogen (secondary N) is 1. The van der Waals surface area contributed by atoms with E-state index in [1.165, 1.54) is 10.7 Å². The summed E-state index contributed by atoms with van der Waals surface area (Å²) in [6.07, 6.45) is 3.07. The molecule has 1 aromatic rings. The second-order valence-electron chi connectivity index (χ2n) is 6.42. The van der Waals surface area contributed by atoms with Gasteiger partial charge in [0, 0.05) is 18.4 Å². The van der Waals surface area contributed by atoms with Crippen LogP contribution in [0.4, 0.5) is 0 Å². The molecule has 114 valence electrons. The van der Waals surface area contributed by atoms with E-state index in [-0.39, 0.29) is 11.1 Å². The summed E-state index contributed by atoms with van der Waals surface area (Å²) in [7, 11) is 0. The van der Waals surface area contributed by atoms with Crippen molar-refractivity contribution in [1.82, 2.24) is 10.3 Å². The third kappa shape index (κ3) is 3.07. The van der Waals surface area contributed by atoms with Crippen LogP contribution in [-0.4, -0.2) is 23.7 Å². The Bertz CT molecular complexity index is 441. The molecule has 1 N–H and O–H groups in total. The van der Waals surface area contributed by atoms with Crippen molar-refractivity contribution < 1.29 is 4.74 Å². The minimum Gasteiger partial charge on any atom is -0.375 e. The molecule has 0 aliphatic carbocycles. The van der Waals surface area contributed by atoms with Gasteiger partial charge < -0.3 is 10.1 Å². The van der Waals surface area contributed by atoms with E-state index in [1.807, 2.05) is 0 Å². The maximum atomic E-state index is 6.03. The molecule has 0 radical (unpaired) electrons. The van der Waals surface area contributed by atoms with Crippen LogP contribution in [0.5, 0.6) is 0 Å². The first-order chi connectivity index (χ1) is 9.45. The highest BCUT2D eigenvalue weighted by Gasteiger charge is 2.44. The lowest BCUT2D eigenvalue weighted by molar-refractivity contribution is -0.103. The molecular weight excluding hydrogens is 268 g/mol. The highest BCUT2D eigenvalue weighted by molar-refractivity contribution is 7.09. The van der Waals surface area contributed by atoms with E-state index in [0.29, 0.717) is 5.92 Å². The maximum Gasteiger partial charge on any atom is 0.113 e. The van der Waals surface area contributed by atoms with Crippen molar-refractivity contribution >= 4 is 11.3 Å². The summed E-state index contributed by atoms with van der Waals surface area (Å²) in [5, 5.41) is 7.19. The minimum atomic E-state index is -0.0376. The predicted molar refractivity (Wildman–Crippen MR) is 85.4 cm³/mol. The minimum absolute atomic E-state index is 0.00440. The van der Waals surface area contributed by atoms with Gasteiger partial charge in [0.25, 0.3) is 0 Å². The molecule has 0 bridgehead atoms.